The molecule has 1 spiro atoms. The first kappa shape index (κ1) is 25.8. The number of fused-ring (bicyclic) bond motifs is 1. The van der Waals surface area contributed by atoms with Crippen LogP contribution in [0.2, 0.25) is 5.02 Å². The molecule has 3 atom stereocenters. The molecular weight excluding hydrogens is 520 g/mol. The number of carbonyl (C=O) groups excluding carboxylic acids is 4. The first-order valence-electron chi connectivity index (χ1n) is 13.2. The van der Waals surface area contributed by atoms with E-state index in [0.29, 0.717) is 21.7 Å². The highest BCUT2D eigenvalue weighted by atomic mass is 35.5. The Balaban J connectivity index is 1.59. The van der Waals surface area contributed by atoms with Crippen LogP contribution in [0.3, 0.4) is 0 Å². The molecule has 0 aromatic heterocycles. The van der Waals surface area contributed by atoms with Gasteiger partial charge in [-0.1, -0.05) is 115 Å². The maximum absolute atomic E-state index is 14.6. The van der Waals surface area contributed by atoms with Crippen molar-refractivity contribution in [1.29, 1.82) is 0 Å². The van der Waals surface area contributed by atoms with E-state index in [9.17, 15) is 19.2 Å². The molecule has 1 saturated carbocycles. The van der Waals surface area contributed by atoms with Crippen LogP contribution in [0.5, 0.6) is 0 Å². The zero-order valence-electron chi connectivity index (χ0n) is 21.5. The average molecular weight is 545 g/mol. The predicted molar refractivity (Wildman–Crippen MR) is 155 cm³/mol. The van der Waals surface area contributed by atoms with E-state index in [1.54, 1.807) is 54.6 Å². The summed E-state index contributed by atoms with van der Waals surface area (Å²) in [5.74, 6) is -4.40. The molecular formula is C35H25ClO4. The maximum atomic E-state index is 14.6. The number of carbonyl (C=O) groups is 4. The summed E-state index contributed by atoms with van der Waals surface area (Å²) in [6.45, 7) is 0. The molecule has 0 bridgehead atoms. The second-order valence-corrected chi connectivity index (χ2v) is 10.8. The van der Waals surface area contributed by atoms with Crippen molar-refractivity contribution in [1.82, 2.24) is 0 Å². The van der Waals surface area contributed by atoms with Crippen molar-refractivity contribution in [3.05, 3.63) is 148 Å². The maximum Gasteiger partial charge on any atom is 0.178 e. The van der Waals surface area contributed by atoms with Crippen LogP contribution in [-0.2, 0) is 9.59 Å². The summed E-state index contributed by atoms with van der Waals surface area (Å²) in [6, 6.07) is 32.1. The minimum atomic E-state index is -1.67. The molecule has 2 aliphatic rings. The van der Waals surface area contributed by atoms with E-state index in [2.05, 4.69) is 0 Å². The summed E-state index contributed by atoms with van der Waals surface area (Å²) in [5.41, 5.74) is 1.06. The Bertz CT molecular complexity index is 1620. The molecule has 6 rings (SSSR count). The van der Waals surface area contributed by atoms with Gasteiger partial charge in [-0.25, -0.2) is 0 Å². The predicted octanol–water partition coefficient (Wildman–Crippen LogP) is 7.14. The van der Waals surface area contributed by atoms with E-state index in [4.69, 9.17) is 11.6 Å². The molecule has 2 aliphatic carbocycles. The number of rotatable bonds is 5. The van der Waals surface area contributed by atoms with Crippen LogP contribution in [0.25, 0.3) is 6.08 Å². The van der Waals surface area contributed by atoms with Gasteiger partial charge in [-0.2, -0.15) is 0 Å². The Morgan fingerprint density at radius 3 is 1.85 bits per heavy atom. The molecule has 0 heterocycles. The lowest BCUT2D eigenvalue weighted by Gasteiger charge is -2.47. The summed E-state index contributed by atoms with van der Waals surface area (Å²) in [6.07, 6.45) is 2.96. The number of hydrogen-bond acceptors (Lipinski definition) is 4. The van der Waals surface area contributed by atoms with Gasteiger partial charge in [-0.15, -0.1) is 0 Å². The standard InChI is InChI=1S/C35H25ClO4/c36-25-18-16-24(17-19-25)32-31(29(37)20-15-22-9-3-1-4-10-22)30(38)21-28(23-11-5-2-6-12-23)35(32)33(39)26-13-7-8-14-27(26)34(35)40/h1-20,28,31-32H,21H2/b20-15+. The van der Waals surface area contributed by atoms with Gasteiger partial charge < -0.3 is 0 Å². The van der Waals surface area contributed by atoms with Crippen LogP contribution in [0, 0.1) is 11.3 Å². The van der Waals surface area contributed by atoms with Gasteiger partial charge in [-0.3, -0.25) is 19.2 Å². The van der Waals surface area contributed by atoms with E-state index in [1.807, 2.05) is 60.7 Å². The van der Waals surface area contributed by atoms with E-state index >= 15 is 0 Å². The van der Waals surface area contributed by atoms with E-state index in [-0.39, 0.29) is 23.8 Å². The highest BCUT2D eigenvalue weighted by molar-refractivity contribution is 6.32. The number of allylic oxidation sites excluding steroid dienone is 1. The van der Waals surface area contributed by atoms with Gasteiger partial charge in [-0.05, 0) is 34.9 Å². The fourth-order valence-corrected chi connectivity index (χ4v) is 6.67. The van der Waals surface area contributed by atoms with Gasteiger partial charge in [0, 0.05) is 34.4 Å². The van der Waals surface area contributed by atoms with Gasteiger partial charge >= 0.3 is 0 Å². The summed E-state index contributed by atoms with van der Waals surface area (Å²) in [5, 5.41) is 0.471. The van der Waals surface area contributed by atoms with Gasteiger partial charge in [0.15, 0.2) is 17.3 Å². The Hall–Kier alpha value is -4.41. The molecule has 3 unspecified atom stereocenters. The Morgan fingerprint density at radius 1 is 0.700 bits per heavy atom. The topological polar surface area (TPSA) is 68.3 Å². The van der Waals surface area contributed by atoms with Gasteiger partial charge in [0.1, 0.15) is 11.2 Å². The van der Waals surface area contributed by atoms with Crippen molar-refractivity contribution >= 4 is 40.8 Å². The second kappa shape index (κ2) is 10.3. The van der Waals surface area contributed by atoms with Crippen molar-refractivity contribution < 1.29 is 19.2 Å². The normalized spacial score (nSPS) is 21.6. The molecule has 0 saturated heterocycles. The Morgan fingerprint density at radius 2 is 1.25 bits per heavy atom. The summed E-state index contributed by atoms with van der Waals surface area (Å²) >= 11 is 6.22. The number of halogens is 1. The largest absolute Gasteiger partial charge is 0.299 e. The van der Waals surface area contributed by atoms with Crippen LogP contribution < -0.4 is 0 Å². The highest BCUT2D eigenvalue weighted by Gasteiger charge is 2.67. The molecule has 0 N–H and O–H groups in total. The third-order valence-electron chi connectivity index (χ3n) is 8.27. The smallest absolute Gasteiger partial charge is 0.178 e. The van der Waals surface area contributed by atoms with E-state index in [1.165, 1.54) is 6.08 Å². The lowest BCUT2D eigenvalue weighted by Crippen LogP contribution is -2.55. The SMILES string of the molecule is O=C(/C=C/c1ccccc1)C1C(=O)CC(c2ccccc2)C2(C(=O)c3ccccc3C2=O)C1c1ccc(Cl)cc1. The summed E-state index contributed by atoms with van der Waals surface area (Å²) in [4.78, 5) is 57.1. The Labute approximate surface area is 237 Å². The van der Waals surface area contributed by atoms with Gasteiger partial charge in [0.2, 0.25) is 0 Å². The minimum absolute atomic E-state index is 0.102. The van der Waals surface area contributed by atoms with Crippen molar-refractivity contribution in [2.75, 3.05) is 0 Å². The van der Waals surface area contributed by atoms with Crippen LogP contribution in [0.4, 0.5) is 0 Å². The molecule has 5 heteroatoms. The molecule has 40 heavy (non-hydrogen) atoms. The van der Waals surface area contributed by atoms with Crippen LogP contribution >= 0.6 is 11.6 Å². The number of Topliss-reactive ketones (excluding diaryl/α,β-unsaturated/α-hetero) is 3. The lowest BCUT2D eigenvalue weighted by molar-refractivity contribution is -0.135. The molecule has 4 nitrogen and oxygen atoms in total. The zero-order valence-corrected chi connectivity index (χ0v) is 22.3. The fraction of sp³-hybridized carbons (Fsp3) is 0.143. The first-order valence-corrected chi connectivity index (χ1v) is 13.6. The summed E-state index contributed by atoms with van der Waals surface area (Å²) in [7, 11) is 0. The lowest BCUT2D eigenvalue weighted by atomic mass is 9.50. The average Bonchev–Trinajstić information content (AvgIpc) is 3.21. The molecule has 1 fully saturated rings. The van der Waals surface area contributed by atoms with E-state index in [0.717, 1.165) is 11.1 Å². The summed E-state index contributed by atoms with van der Waals surface area (Å²) < 4.78 is 0. The third-order valence-corrected chi connectivity index (χ3v) is 8.52. The zero-order chi connectivity index (χ0) is 27.9. The van der Waals surface area contributed by atoms with Crippen LogP contribution in [-0.4, -0.2) is 23.1 Å². The molecule has 0 radical (unpaired) electrons. The van der Waals surface area contributed by atoms with Crippen LogP contribution in [0.1, 0.15) is 55.7 Å². The van der Waals surface area contributed by atoms with Crippen molar-refractivity contribution in [2.24, 2.45) is 11.3 Å². The highest BCUT2D eigenvalue weighted by Crippen LogP contribution is 2.62. The quantitative estimate of drug-likeness (QED) is 0.198. The molecule has 0 amide bonds. The monoisotopic (exact) mass is 544 g/mol. The minimum Gasteiger partial charge on any atom is -0.299 e. The first-order chi connectivity index (χ1) is 19.4. The number of hydrogen-bond donors (Lipinski definition) is 0. The van der Waals surface area contributed by atoms with Crippen LogP contribution in [0.15, 0.2) is 115 Å². The van der Waals surface area contributed by atoms with E-state index < -0.39 is 29.0 Å². The van der Waals surface area contributed by atoms with Gasteiger partial charge in [0.05, 0.1) is 5.92 Å². The van der Waals surface area contributed by atoms with Crippen molar-refractivity contribution in [3.63, 3.8) is 0 Å². The Kier molecular flexibility index (Phi) is 6.65. The molecule has 4 aromatic carbocycles. The number of ketones is 4. The van der Waals surface area contributed by atoms with Crippen molar-refractivity contribution in [2.45, 2.75) is 18.3 Å². The number of benzene rings is 4. The molecule has 0 aliphatic heterocycles. The van der Waals surface area contributed by atoms with Crippen molar-refractivity contribution in [3.8, 4) is 0 Å². The molecule has 4 aromatic rings. The third kappa shape index (κ3) is 4.07. The fourth-order valence-electron chi connectivity index (χ4n) is 6.54. The second-order valence-electron chi connectivity index (χ2n) is 10.4. The van der Waals surface area contributed by atoms with Gasteiger partial charge in [0.25, 0.3) is 0 Å². The molecule has 196 valence electrons.